The van der Waals surface area contributed by atoms with E-state index in [1.807, 2.05) is 26.8 Å². The van der Waals surface area contributed by atoms with Crippen molar-refractivity contribution in [2.45, 2.75) is 58.7 Å². The van der Waals surface area contributed by atoms with Gasteiger partial charge in [-0.1, -0.05) is 6.07 Å². The van der Waals surface area contributed by atoms with Crippen LogP contribution in [0.4, 0.5) is 14.9 Å². The molecule has 0 aromatic heterocycles. The van der Waals surface area contributed by atoms with Gasteiger partial charge >= 0.3 is 6.09 Å². The zero-order chi connectivity index (χ0) is 21.8. The van der Waals surface area contributed by atoms with Crippen LogP contribution in [0.2, 0.25) is 0 Å². The molecule has 2 aromatic rings. The topological polar surface area (TPSA) is 72.9 Å². The Balaban J connectivity index is 1.74. The standard InChI is InChI=1S/C23H26FN3O3/c1-13-18(10-15(11-19(13)24)21(28)25-17-6-7-17)14-5-8-20-16(9-14)12-26(23(2,3)4)27(20)22(29)30/h5,8-11,17H,6-7,12H2,1-4H3,(H,25,28)(H,29,30). The molecule has 6 nitrogen and oxygen atoms in total. The average Bonchev–Trinajstić information content (AvgIpc) is 3.38. The lowest BCUT2D eigenvalue weighted by molar-refractivity contribution is 0.0950. The number of carbonyl (C=O) groups excluding carboxylic acids is 1. The average molecular weight is 411 g/mol. The molecule has 7 heteroatoms. The Morgan fingerprint density at radius 1 is 1.17 bits per heavy atom. The molecule has 1 aliphatic carbocycles. The van der Waals surface area contributed by atoms with E-state index in [1.54, 1.807) is 30.1 Å². The number of hydrogen-bond donors (Lipinski definition) is 2. The third-order valence-corrected chi connectivity index (χ3v) is 5.65. The van der Waals surface area contributed by atoms with Gasteiger partial charge in [0.1, 0.15) is 5.82 Å². The highest BCUT2D eigenvalue weighted by molar-refractivity contribution is 5.96. The molecule has 1 fully saturated rings. The maximum absolute atomic E-state index is 14.6. The Labute approximate surface area is 175 Å². The SMILES string of the molecule is Cc1c(F)cc(C(=O)NC2CC2)cc1-c1ccc2c(c1)CN(C(C)(C)C)N2C(=O)O. The molecule has 2 amide bonds. The van der Waals surface area contributed by atoms with E-state index < -0.39 is 11.9 Å². The third-order valence-electron chi connectivity index (χ3n) is 5.65. The summed E-state index contributed by atoms with van der Waals surface area (Å²) in [5.41, 5.74) is 3.20. The quantitative estimate of drug-likeness (QED) is 0.767. The molecule has 1 heterocycles. The van der Waals surface area contributed by atoms with Gasteiger partial charge in [0.2, 0.25) is 0 Å². The van der Waals surface area contributed by atoms with Gasteiger partial charge in [0.05, 0.1) is 5.69 Å². The van der Waals surface area contributed by atoms with Gasteiger partial charge in [-0.2, -0.15) is 0 Å². The fourth-order valence-electron chi connectivity index (χ4n) is 3.80. The second-order valence-electron chi connectivity index (χ2n) is 9.04. The minimum atomic E-state index is -1.04. The number of fused-ring (bicyclic) bond motifs is 1. The van der Waals surface area contributed by atoms with Crippen LogP contribution in [0.15, 0.2) is 30.3 Å². The number of carbonyl (C=O) groups is 2. The smallest absolute Gasteiger partial charge is 0.426 e. The molecule has 2 aliphatic rings. The number of benzene rings is 2. The van der Waals surface area contributed by atoms with Crippen molar-refractivity contribution in [1.82, 2.24) is 10.3 Å². The molecule has 0 spiro atoms. The molecule has 0 atom stereocenters. The van der Waals surface area contributed by atoms with Crippen molar-refractivity contribution in [3.63, 3.8) is 0 Å². The van der Waals surface area contributed by atoms with Gasteiger partial charge in [-0.25, -0.2) is 19.2 Å². The number of halogens is 1. The summed E-state index contributed by atoms with van der Waals surface area (Å²) in [7, 11) is 0. The van der Waals surface area contributed by atoms with Gasteiger partial charge in [0.15, 0.2) is 0 Å². The molecule has 1 aliphatic heterocycles. The van der Waals surface area contributed by atoms with Gasteiger partial charge in [0.25, 0.3) is 5.91 Å². The Hall–Kier alpha value is -2.93. The van der Waals surface area contributed by atoms with E-state index in [2.05, 4.69) is 5.32 Å². The molecular weight excluding hydrogens is 385 g/mol. The predicted octanol–water partition coefficient (Wildman–Crippen LogP) is 4.71. The lowest BCUT2D eigenvalue weighted by Gasteiger charge is -2.36. The van der Waals surface area contributed by atoms with E-state index in [0.717, 1.165) is 24.0 Å². The molecule has 1 saturated carbocycles. The van der Waals surface area contributed by atoms with Crippen LogP contribution in [0.1, 0.15) is 55.1 Å². The van der Waals surface area contributed by atoms with E-state index >= 15 is 0 Å². The first-order valence-electron chi connectivity index (χ1n) is 10.1. The van der Waals surface area contributed by atoms with Crippen LogP contribution in [0.25, 0.3) is 11.1 Å². The van der Waals surface area contributed by atoms with Crippen LogP contribution < -0.4 is 10.3 Å². The van der Waals surface area contributed by atoms with E-state index in [4.69, 9.17) is 0 Å². The van der Waals surface area contributed by atoms with Crippen molar-refractivity contribution >= 4 is 17.7 Å². The van der Waals surface area contributed by atoms with Crippen molar-refractivity contribution < 1.29 is 19.1 Å². The van der Waals surface area contributed by atoms with E-state index in [0.29, 0.717) is 28.9 Å². The first-order chi connectivity index (χ1) is 14.1. The molecule has 30 heavy (non-hydrogen) atoms. The zero-order valence-corrected chi connectivity index (χ0v) is 17.6. The Kier molecular flexibility index (Phi) is 4.81. The van der Waals surface area contributed by atoms with Crippen LogP contribution >= 0.6 is 0 Å². The number of rotatable bonds is 3. The number of hydrazine groups is 1. The van der Waals surface area contributed by atoms with E-state index in [1.165, 1.54) is 11.1 Å². The lowest BCUT2D eigenvalue weighted by Crippen LogP contribution is -2.51. The lowest BCUT2D eigenvalue weighted by atomic mass is 9.95. The highest BCUT2D eigenvalue weighted by Gasteiger charge is 2.38. The van der Waals surface area contributed by atoms with Gasteiger partial charge in [-0.05, 0) is 87.1 Å². The molecule has 0 saturated heterocycles. The summed E-state index contributed by atoms with van der Waals surface area (Å²) in [5, 5.41) is 15.7. The molecule has 4 rings (SSSR count). The predicted molar refractivity (Wildman–Crippen MR) is 113 cm³/mol. The second kappa shape index (κ2) is 7.09. The summed E-state index contributed by atoms with van der Waals surface area (Å²) in [5.74, 6) is -0.702. The molecular formula is C23H26FN3O3. The van der Waals surface area contributed by atoms with Crippen molar-refractivity contribution in [2.24, 2.45) is 0 Å². The number of hydrogen-bond acceptors (Lipinski definition) is 3. The second-order valence-corrected chi connectivity index (χ2v) is 9.04. The van der Waals surface area contributed by atoms with Gasteiger partial charge < -0.3 is 10.4 Å². The van der Waals surface area contributed by atoms with Crippen LogP contribution in [0.3, 0.4) is 0 Å². The van der Waals surface area contributed by atoms with Crippen molar-refractivity contribution in [2.75, 3.05) is 5.01 Å². The Bertz CT molecular complexity index is 1040. The minimum Gasteiger partial charge on any atom is -0.464 e. The van der Waals surface area contributed by atoms with Crippen molar-refractivity contribution in [3.8, 4) is 11.1 Å². The maximum atomic E-state index is 14.6. The molecule has 2 N–H and O–H groups in total. The van der Waals surface area contributed by atoms with Crippen LogP contribution in [0.5, 0.6) is 0 Å². The van der Waals surface area contributed by atoms with Gasteiger partial charge in [0, 0.05) is 23.7 Å². The summed E-state index contributed by atoms with van der Waals surface area (Å²) in [4.78, 5) is 24.3. The normalized spacial score (nSPS) is 16.5. The van der Waals surface area contributed by atoms with Crippen LogP contribution in [-0.4, -0.2) is 33.7 Å². The Morgan fingerprint density at radius 3 is 2.47 bits per heavy atom. The first-order valence-corrected chi connectivity index (χ1v) is 10.1. The monoisotopic (exact) mass is 411 g/mol. The fraction of sp³-hybridized carbons (Fsp3) is 0.391. The van der Waals surface area contributed by atoms with Crippen molar-refractivity contribution in [1.29, 1.82) is 0 Å². The number of anilines is 1. The molecule has 2 aromatic carbocycles. The number of nitrogens with zero attached hydrogens (tertiary/aromatic N) is 2. The molecule has 0 bridgehead atoms. The summed E-state index contributed by atoms with van der Waals surface area (Å²) in [6, 6.07) is 8.60. The van der Waals surface area contributed by atoms with Crippen LogP contribution in [-0.2, 0) is 6.54 Å². The minimum absolute atomic E-state index is 0.190. The van der Waals surface area contributed by atoms with Crippen LogP contribution in [0, 0.1) is 12.7 Å². The number of nitrogens with one attached hydrogen (secondary N) is 1. The molecule has 0 radical (unpaired) electrons. The largest absolute Gasteiger partial charge is 0.464 e. The first kappa shape index (κ1) is 20.3. The summed E-state index contributed by atoms with van der Waals surface area (Å²) < 4.78 is 14.6. The number of carboxylic acid groups (broad SMARTS) is 1. The zero-order valence-electron chi connectivity index (χ0n) is 17.6. The summed E-state index contributed by atoms with van der Waals surface area (Å²) in [6.45, 7) is 7.99. The summed E-state index contributed by atoms with van der Waals surface area (Å²) in [6.07, 6.45) is 0.877. The highest BCUT2D eigenvalue weighted by Crippen LogP contribution is 2.39. The molecule has 158 valence electrons. The highest BCUT2D eigenvalue weighted by atomic mass is 19.1. The number of amides is 2. The van der Waals surface area contributed by atoms with E-state index in [-0.39, 0.29) is 17.5 Å². The molecule has 0 unspecified atom stereocenters. The van der Waals surface area contributed by atoms with Crippen molar-refractivity contribution in [3.05, 3.63) is 52.8 Å². The third kappa shape index (κ3) is 3.65. The van der Waals surface area contributed by atoms with E-state index in [9.17, 15) is 19.1 Å². The van der Waals surface area contributed by atoms with Gasteiger partial charge in [-0.3, -0.25) is 4.79 Å². The fourth-order valence-corrected chi connectivity index (χ4v) is 3.80. The Morgan fingerprint density at radius 2 is 1.87 bits per heavy atom. The summed E-state index contributed by atoms with van der Waals surface area (Å²) >= 11 is 0. The maximum Gasteiger partial charge on any atom is 0.426 e. The van der Waals surface area contributed by atoms with Gasteiger partial charge in [-0.15, -0.1) is 0 Å².